The van der Waals surface area contributed by atoms with Crippen molar-refractivity contribution < 1.29 is 19.0 Å². The zero-order valence-corrected chi connectivity index (χ0v) is 14.0. The highest BCUT2D eigenvalue weighted by Crippen LogP contribution is 2.28. The maximum atomic E-state index is 12.0. The Kier molecular flexibility index (Phi) is 6.42. The molecule has 6 nitrogen and oxygen atoms in total. The van der Waals surface area contributed by atoms with Crippen LogP contribution in [0.3, 0.4) is 0 Å². The van der Waals surface area contributed by atoms with Crippen LogP contribution in [0.15, 0.2) is 42.6 Å². The Balaban J connectivity index is 2.00. The second kappa shape index (κ2) is 8.76. The molecule has 0 unspecified atom stereocenters. The summed E-state index contributed by atoms with van der Waals surface area (Å²) in [4.78, 5) is 12.0. The van der Waals surface area contributed by atoms with Gasteiger partial charge in [0.15, 0.2) is 17.7 Å². The van der Waals surface area contributed by atoms with Crippen molar-refractivity contribution in [3.05, 3.63) is 59.1 Å². The lowest BCUT2D eigenvalue weighted by Crippen LogP contribution is -2.38. The predicted octanol–water partition coefficient (Wildman–Crippen LogP) is 2.44. The average molecular weight is 330 g/mol. The molecule has 1 aromatic carbocycles. The lowest BCUT2D eigenvalue weighted by atomic mass is 10.2. The summed E-state index contributed by atoms with van der Waals surface area (Å²) in [6.07, 6.45) is 3.33. The summed E-state index contributed by atoms with van der Waals surface area (Å²) in [6, 6.07) is 10.2. The molecule has 1 amide bonds. The maximum absolute atomic E-state index is 12.0. The molecule has 0 radical (unpaired) electrons. The summed E-state index contributed by atoms with van der Waals surface area (Å²) in [5.41, 5.74) is 0.917. The first-order valence-corrected chi connectivity index (χ1v) is 7.91. The summed E-state index contributed by atoms with van der Waals surface area (Å²) in [5, 5.41) is 14.3. The molecular formula is C18H22N2O4. The van der Waals surface area contributed by atoms with Crippen molar-refractivity contribution in [2.45, 2.75) is 26.3 Å². The Morgan fingerprint density at radius 2 is 2.08 bits per heavy atom. The van der Waals surface area contributed by atoms with Gasteiger partial charge in [0.1, 0.15) is 0 Å². The SMILES string of the molecule is CCCCOc1ccc(CNC(=O)c2cccc[n+]2[O-])cc1OC. The van der Waals surface area contributed by atoms with Crippen LogP contribution in [0.5, 0.6) is 11.5 Å². The van der Waals surface area contributed by atoms with Gasteiger partial charge in [-0.1, -0.05) is 19.4 Å². The number of nitrogens with zero attached hydrogens (tertiary/aromatic N) is 1. The molecule has 2 aromatic rings. The molecule has 24 heavy (non-hydrogen) atoms. The van der Waals surface area contributed by atoms with Gasteiger partial charge in [-0.25, -0.2) is 0 Å². The van der Waals surface area contributed by atoms with Crippen LogP contribution in [0, 0.1) is 5.21 Å². The number of rotatable bonds is 8. The number of methoxy groups -OCH3 is 1. The van der Waals surface area contributed by atoms with Gasteiger partial charge in [0.25, 0.3) is 5.69 Å². The third kappa shape index (κ3) is 4.62. The van der Waals surface area contributed by atoms with Crippen LogP contribution in [-0.2, 0) is 6.54 Å². The van der Waals surface area contributed by atoms with Crippen LogP contribution in [-0.4, -0.2) is 19.6 Å². The van der Waals surface area contributed by atoms with Crippen molar-refractivity contribution in [1.82, 2.24) is 5.32 Å². The number of aromatic nitrogens is 1. The zero-order chi connectivity index (χ0) is 17.4. The summed E-state index contributed by atoms with van der Waals surface area (Å²) >= 11 is 0. The van der Waals surface area contributed by atoms with Gasteiger partial charge in [-0.2, -0.15) is 4.73 Å². The summed E-state index contributed by atoms with van der Waals surface area (Å²) in [5.74, 6) is 0.880. The molecule has 0 aliphatic heterocycles. The minimum atomic E-state index is -0.423. The standard InChI is InChI=1S/C18H22N2O4/c1-3-4-11-24-16-9-8-14(12-17(16)23-2)13-19-18(21)15-7-5-6-10-20(15)22/h5-10,12H,3-4,11,13H2,1-2H3,(H,19,21). The van der Waals surface area contributed by atoms with E-state index in [2.05, 4.69) is 12.2 Å². The highest BCUT2D eigenvalue weighted by Gasteiger charge is 2.14. The lowest BCUT2D eigenvalue weighted by Gasteiger charge is -2.12. The molecule has 0 spiro atoms. The molecule has 0 aliphatic rings. The van der Waals surface area contributed by atoms with E-state index >= 15 is 0 Å². The maximum Gasteiger partial charge on any atom is 0.317 e. The van der Waals surface area contributed by atoms with Crippen molar-refractivity contribution in [1.29, 1.82) is 0 Å². The Morgan fingerprint density at radius 1 is 1.25 bits per heavy atom. The van der Waals surface area contributed by atoms with Gasteiger partial charge in [0, 0.05) is 18.7 Å². The summed E-state index contributed by atoms with van der Waals surface area (Å²) in [7, 11) is 1.58. The van der Waals surface area contributed by atoms with E-state index in [0.717, 1.165) is 18.4 Å². The van der Waals surface area contributed by atoms with Gasteiger partial charge in [0.2, 0.25) is 0 Å². The molecule has 1 aromatic heterocycles. The Labute approximate surface area is 141 Å². The van der Waals surface area contributed by atoms with E-state index < -0.39 is 5.91 Å². The first-order valence-electron chi connectivity index (χ1n) is 7.91. The number of carbonyl (C=O) groups excluding carboxylic acids is 1. The lowest BCUT2D eigenvalue weighted by molar-refractivity contribution is -0.607. The molecule has 0 aliphatic carbocycles. The highest BCUT2D eigenvalue weighted by atomic mass is 16.5. The third-order valence-electron chi connectivity index (χ3n) is 3.49. The normalized spacial score (nSPS) is 10.2. The van der Waals surface area contributed by atoms with Crippen LogP contribution in [0.25, 0.3) is 0 Å². The fourth-order valence-electron chi connectivity index (χ4n) is 2.14. The van der Waals surface area contributed by atoms with Crippen molar-refractivity contribution in [3.63, 3.8) is 0 Å². The number of carbonyl (C=O) groups is 1. The molecule has 0 saturated carbocycles. The molecule has 0 saturated heterocycles. The first kappa shape index (κ1) is 17.6. The van der Waals surface area contributed by atoms with E-state index in [-0.39, 0.29) is 5.69 Å². The third-order valence-corrected chi connectivity index (χ3v) is 3.49. The van der Waals surface area contributed by atoms with Crippen LogP contribution >= 0.6 is 0 Å². The summed E-state index contributed by atoms with van der Waals surface area (Å²) in [6.45, 7) is 3.03. The predicted molar refractivity (Wildman–Crippen MR) is 90.0 cm³/mol. The Bertz CT molecular complexity index is 688. The number of benzene rings is 1. The van der Waals surface area contributed by atoms with E-state index in [9.17, 15) is 10.0 Å². The number of unbranched alkanes of at least 4 members (excludes halogenated alkanes) is 1. The van der Waals surface area contributed by atoms with E-state index in [4.69, 9.17) is 9.47 Å². The van der Waals surface area contributed by atoms with Crippen LogP contribution in [0.1, 0.15) is 35.8 Å². The van der Waals surface area contributed by atoms with Crippen molar-refractivity contribution in [2.75, 3.05) is 13.7 Å². The van der Waals surface area contributed by atoms with Crippen molar-refractivity contribution >= 4 is 5.91 Å². The fourth-order valence-corrected chi connectivity index (χ4v) is 2.14. The van der Waals surface area contributed by atoms with Gasteiger partial charge in [-0.15, -0.1) is 0 Å². The first-order chi connectivity index (χ1) is 11.7. The molecule has 1 heterocycles. The molecule has 6 heteroatoms. The van der Waals surface area contributed by atoms with Crippen molar-refractivity contribution in [2.24, 2.45) is 0 Å². The number of hydrogen-bond acceptors (Lipinski definition) is 4. The minimum Gasteiger partial charge on any atom is -0.618 e. The molecule has 0 atom stereocenters. The number of ether oxygens (including phenoxy) is 2. The summed E-state index contributed by atoms with van der Waals surface area (Å²) < 4.78 is 11.6. The number of hydrogen-bond donors (Lipinski definition) is 1. The quantitative estimate of drug-likeness (QED) is 0.458. The number of pyridine rings is 1. The van der Waals surface area contributed by atoms with E-state index in [1.165, 1.54) is 12.3 Å². The van der Waals surface area contributed by atoms with Crippen LogP contribution < -0.4 is 19.5 Å². The van der Waals surface area contributed by atoms with Crippen LogP contribution in [0.2, 0.25) is 0 Å². The van der Waals surface area contributed by atoms with Gasteiger partial charge in [-0.05, 0) is 30.2 Å². The topological polar surface area (TPSA) is 74.5 Å². The average Bonchev–Trinajstić information content (AvgIpc) is 2.61. The van der Waals surface area contributed by atoms with Gasteiger partial charge in [0.05, 0.1) is 13.7 Å². The highest BCUT2D eigenvalue weighted by molar-refractivity contribution is 5.90. The van der Waals surface area contributed by atoms with Crippen molar-refractivity contribution in [3.8, 4) is 11.5 Å². The Morgan fingerprint density at radius 3 is 2.79 bits per heavy atom. The van der Waals surface area contributed by atoms with Gasteiger partial charge >= 0.3 is 5.91 Å². The fraction of sp³-hybridized carbons (Fsp3) is 0.333. The van der Waals surface area contributed by atoms with E-state index in [0.29, 0.717) is 29.4 Å². The van der Waals surface area contributed by atoms with E-state index in [1.807, 2.05) is 18.2 Å². The van der Waals surface area contributed by atoms with Crippen LogP contribution in [0.4, 0.5) is 0 Å². The molecular weight excluding hydrogens is 308 g/mol. The largest absolute Gasteiger partial charge is 0.618 e. The second-order valence-corrected chi connectivity index (χ2v) is 5.28. The van der Waals surface area contributed by atoms with Gasteiger partial charge < -0.3 is 20.0 Å². The molecule has 1 N–H and O–H groups in total. The monoisotopic (exact) mass is 330 g/mol. The smallest absolute Gasteiger partial charge is 0.317 e. The molecule has 0 fully saturated rings. The zero-order valence-electron chi connectivity index (χ0n) is 14.0. The molecule has 2 rings (SSSR count). The molecule has 128 valence electrons. The van der Waals surface area contributed by atoms with Gasteiger partial charge in [-0.3, -0.25) is 4.79 Å². The molecule has 0 bridgehead atoms. The number of amides is 1. The second-order valence-electron chi connectivity index (χ2n) is 5.28. The Hall–Kier alpha value is -2.76. The minimum absolute atomic E-state index is 0.0592. The van der Waals surface area contributed by atoms with E-state index in [1.54, 1.807) is 19.2 Å². The number of nitrogens with one attached hydrogen (secondary N) is 1.